The highest BCUT2D eigenvalue weighted by molar-refractivity contribution is 7.94. The third-order valence-corrected chi connectivity index (χ3v) is 8.56. The van der Waals surface area contributed by atoms with Crippen LogP contribution >= 0.6 is 11.3 Å². The SMILES string of the molecule is O=C(c1cccc(NS(=O)(=O)c2cccs2)c1)N1CCCN(CCCc2ccccc2)CC1. The molecule has 1 aliphatic rings. The van der Waals surface area contributed by atoms with E-state index in [1.54, 1.807) is 41.8 Å². The van der Waals surface area contributed by atoms with Crippen molar-refractivity contribution in [3.05, 3.63) is 83.2 Å². The summed E-state index contributed by atoms with van der Waals surface area (Å²) in [6, 6.07) is 20.5. The van der Waals surface area contributed by atoms with Crippen LogP contribution in [0.4, 0.5) is 5.69 Å². The van der Waals surface area contributed by atoms with Crippen LogP contribution in [-0.2, 0) is 16.4 Å². The van der Waals surface area contributed by atoms with E-state index in [0.717, 1.165) is 50.2 Å². The van der Waals surface area contributed by atoms with Gasteiger partial charge in [-0.1, -0.05) is 42.5 Å². The fourth-order valence-corrected chi connectivity index (χ4v) is 6.11. The molecule has 1 aliphatic heterocycles. The third-order valence-electron chi connectivity index (χ3n) is 5.78. The quantitative estimate of drug-likeness (QED) is 0.518. The Morgan fingerprint density at radius 1 is 0.939 bits per heavy atom. The summed E-state index contributed by atoms with van der Waals surface area (Å²) in [5.74, 6) is -0.0571. The van der Waals surface area contributed by atoms with Crippen LogP contribution in [0.1, 0.15) is 28.8 Å². The van der Waals surface area contributed by atoms with Crippen LogP contribution in [0.25, 0.3) is 0 Å². The second-order valence-electron chi connectivity index (χ2n) is 8.19. The topological polar surface area (TPSA) is 69.7 Å². The van der Waals surface area contributed by atoms with Crippen LogP contribution in [0, 0.1) is 0 Å². The van der Waals surface area contributed by atoms with Crippen LogP contribution in [0.5, 0.6) is 0 Å². The maximum absolute atomic E-state index is 13.1. The molecule has 0 unspecified atom stereocenters. The van der Waals surface area contributed by atoms with Crippen LogP contribution in [-0.4, -0.2) is 56.8 Å². The zero-order valence-corrected chi connectivity index (χ0v) is 20.2. The van der Waals surface area contributed by atoms with Crippen molar-refractivity contribution in [1.29, 1.82) is 0 Å². The summed E-state index contributed by atoms with van der Waals surface area (Å²) in [6.45, 7) is 4.25. The van der Waals surface area contributed by atoms with Crippen molar-refractivity contribution in [2.45, 2.75) is 23.5 Å². The number of benzene rings is 2. The van der Waals surface area contributed by atoms with Gasteiger partial charge in [-0.15, -0.1) is 11.3 Å². The number of aryl methyl sites for hydroxylation is 1. The first-order valence-corrected chi connectivity index (χ1v) is 13.6. The van der Waals surface area contributed by atoms with Crippen molar-refractivity contribution >= 4 is 33.0 Å². The summed E-state index contributed by atoms with van der Waals surface area (Å²) >= 11 is 1.16. The highest BCUT2D eigenvalue weighted by Crippen LogP contribution is 2.21. The number of thiophene rings is 1. The molecule has 1 N–H and O–H groups in total. The summed E-state index contributed by atoms with van der Waals surface area (Å²) in [4.78, 5) is 17.4. The molecule has 0 spiro atoms. The lowest BCUT2D eigenvalue weighted by molar-refractivity contribution is 0.0761. The molecule has 3 aromatic rings. The lowest BCUT2D eigenvalue weighted by atomic mass is 10.1. The molecule has 0 aliphatic carbocycles. The third kappa shape index (κ3) is 6.43. The van der Waals surface area contributed by atoms with Crippen molar-refractivity contribution in [2.24, 2.45) is 0 Å². The number of anilines is 1. The Morgan fingerprint density at radius 2 is 1.79 bits per heavy atom. The lowest BCUT2D eigenvalue weighted by Crippen LogP contribution is -2.35. The maximum atomic E-state index is 13.1. The molecule has 4 rings (SSSR count). The monoisotopic (exact) mass is 483 g/mol. The van der Waals surface area contributed by atoms with Gasteiger partial charge in [0, 0.05) is 30.9 Å². The number of carbonyl (C=O) groups is 1. The van der Waals surface area contributed by atoms with Crippen molar-refractivity contribution in [1.82, 2.24) is 9.80 Å². The molecule has 1 amide bonds. The highest BCUT2D eigenvalue weighted by atomic mass is 32.2. The van der Waals surface area contributed by atoms with Gasteiger partial charge >= 0.3 is 0 Å². The van der Waals surface area contributed by atoms with E-state index in [1.165, 1.54) is 5.56 Å². The summed E-state index contributed by atoms with van der Waals surface area (Å²) in [5, 5.41) is 1.72. The molecule has 0 saturated carbocycles. The second-order valence-corrected chi connectivity index (χ2v) is 11.1. The van der Waals surface area contributed by atoms with Crippen molar-refractivity contribution in [2.75, 3.05) is 37.4 Å². The fourth-order valence-electron chi connectivity index (χ4n) is 4.07. The first-order chi connectivity index (χ1) is 16.0. The predicted octanol–water partition coefficient (Wildman–Crippen LogP) is 4.33. The Bertz CT molecular complexity index is 1150. The Morgan fingerprint density at radius 3 is 2.58 bits per heavy atom. The minimum Gasteiger partial charge on any atom is -0.337 e. The van der Waals surface area contributed by atoms with E-state index >= 15 is 0 Å². The van der Waals surface area contributed by atoms with Gasteiger partial charge in [-0.2, -0.15) is 0 Å². The normalized spacial score (nSPS) is 15.2. The first kappa shape index (κ1) is 23.5. The number of hydrogen-bond acceptors (Lipinski definition) is 5. The Kier molecular flexibility index (Phi) is 7.80. The van der Waals surface area contributed by atoms with Gasteiger partial charge in [0.05, 0.1) is 0 Å². The average Bonchev–Trinajstić information content (AvgIpc) is 3.28. The lowest BCUT2D eigenvalue weighted by Gasteiger charge is -2.22. The van der Waals surface area contributed by atoms with Crippen LogP contribution in [0.15, 0.2) is 76.3 Å². The smallest absolute Gasteiger partial charge is 0.271 e. The largest absolute Gasteiger partial charge is 0.337 e. The van der Waals surface area contributed by atoms with Crippen molar-refractivity contribution in [3.8, 4) is 0 Å². The molecule has 2 aromatic carbocycles. The standard InChI is InChI=1S/C25H29N3O3S2/c29-25(22-11-4-12-23(20-22)26-33(30,31)24-13-6-19-32-24)28-16-7-15-27(17-18-28)14-5-10-21-8-2-1-3-9-21/h1-4,6,8-9,11-13,19-20,26H,5,7,10,14-18H2. The zero-order chi connectivity index (χ0) is 23.1. The fraction of sp³-hybridized carbons (Fsp3) is 0.320. The van der Waals surface area contributed by atoms with Crippen LogP contribution < -0.4 is 4.72 Å². The molecular weight excluding hydrogens is 454 g/mol. The molecule has 1 fully saturated rings. The molecule has 0 bridgehead atoms. The van der Waals surface area contributed by atoms with Crippen molar-refractivity contribution in [3.63, 3.8) is 0 Å². The van der Waals surface area contributed by atoms with Gasteiger partial charge in [0.25, 0.3) is 15.9 Å². The number of nitrogens with one attached hydrogen (secondary N) is 1. The number of sulfonamides is 1. The van der Waals surface area contributed by atoms with E-state index in [2.05, 4.69) is 33.9 Å². The summed E-state index contributed by atoms with van der Waals surface area (Å²) in [6.07, 6.45) is 3.10. The van der Waals surface area contributed by atoms with Gasteiger partial charge in [0.15, 0.2) is 0 Å². The van der Waals surface area contributed by atoms with Gasteiger partial charge in [-0.25, -0.2) is 8.42 Å². The van der Waals surface area contributed by atoms with E-state index in [9.17, 15) is 13.2 Å². The molecule has 0 atom stereocenters. The number of carbonyl (C=O) groups excluding carboxylic acids is 1. The van der Waals surface area contributed by atoms with Gasteiger partial charge in [-0.05, 0) is 67.6 Å². The Labute approximate surface area is 199 Å². The van der Waals surface area contributed by atoms with E-state index < -0.39 is 10.0 Å². The summed E-state index contributed by atoms with van der Waals surface area (Å²) < 4.78 is 27.8. The minimum atomic E-state index is -3.64. The zero-order valence-electron chi connectivity index (χ0n) is 18.5. The minimum absolute atomic E-state index is 0.0571. The van der Waals surface area contributed by atoms with Gasteiger partial charge in [0.2, 0.25) is 0 Å². The second kappa shape index (κ2) is 11.0. The molecule has 2 heterocycles. The molecule has 174 valence electrons. The van der Waals surface area contributed by atoms with Crippen LogP contribution in [0.3, 0.4) is 0 Å². The van der Waals surface area contributed by atoms with Gasteiger partial charge < -0.3 is 9.80 Å². The summed E-state index contributed by atoms with van der Waals surface area (Å²) in [7, 11) is -3.64. The maximum Gasteiger partial charge on any atom is 0.271 e. The molecule has 8 heteroatoms. The number of amides is 1. The Balaban J connectivity index is 1.32. The van der Waals surface area contributed by atoms with Gasteiger partial charge in [-0.3, -0.25) is 9.52 Å². The van der Waals surface area contributed by atoms with Gasteiger partial charge in [0.1, 0.15) is 4.21 Å². The van der Waals surface area contributed by atoms with E-state index in [4.69, 9.17) is 0 Å². The summed E-state index contributed by atoms with van der Waals surface area (Å²) in [5.41, 5.74) is 2.25. The highest BCUT2D eigenvalue weighted by Gasteiger charge is 2.21. The average molecular weight is 484 g/mol. The van der Waals surface area contributed by atoms with E-state index in [0.29, 0.717) is 24.3 Å². The number of rotatable bonds is 8. The predicted molar refractivity (Wildman–Crippen MR) is 133 cm³/mol. The Hall–Kier alpha value is -2.68. The number of hydrogen-bond donors (Lipinski definition) is 1. The molecular formula is C25H29N3O3S2. The molecule has 0 radical (unpaired) electrons. The van der Waals surface area contributed by atoms with E-state index in [1.807, 2.05) is 11.0 Å². The molecule has 1 aromatic heterocycles. The molecule has 1 saturated heterocycles. The van der Waals surface area contributed by atoms with Crippen LogP contribution in [0.2, 0.25) is 0 Å². The molecule has 6 nitrogen and oxygen atoms in total. The molecule has 33 heavy (non-hydrogen) atoms. The number of nitrogens with zero attached hydrogens (tertiary/aromatic N) is 2. The first-order valence-electron chi connectivity index (χ1n) is 11.2. The van der Waals surface area contributed by atoms with E-state index in [-0.39, 0.29) is 10.1 Å². The van der Waals surface area contributed by atoms with Crippen molar-refractivity contribution < 1.29 is 13.2 Å².